The number of ether oxygens (including phenoxy) is 1. The quantitative estimate of drug-likeness (QED) is 0.402. The second-order valence-corrected chi connectivity index (χ2v) is 4.97. The zero-order valence-electron chi connectivity index (χ0n) is 12.1. The molecule has 1 amide bonds. The standard InChI is InChI=1S/C15H18N4O3/c16-18-17-13-8-4-5-9-19(10-14(13)20)15(21)22-11-12-6-2-1-3-7-12/h1-4,6-8,13-14,20H,5,9-11H2/b8-4-. The van der Waals surface area contributed by atoms with Crippen molar-refractivity contribution in [3.05, 3.63) is 58.5 Å². The second-order valence-electron chi connectivity index (χ2n) is 4.97. The first kappa shape index (κ1) is 15.9. The first-order valence-electron chi connectivity index (χ1n) is 7.05. The van der Waals surface area contributed by atoms with E-state index >= 15 is 0 Å². The third-order valence-corrected chi connectivity index (χ3v) is 3.35. The van der Waals surface area contributed by atoms with E-state index in [0.717, 1.165) is 5.56 Å². The molecule has 0 spiro atoms. The largest absolute Gasteiger partial charge is 0.445 e. The molecule has 2 unspecified atom stereocenters. The van der Waals surface area contributed by atoms with Crippen molar-refractivity contribution in [1.29, 1.82) is 0 Å². The summed E-state index contributed by atoms with van der Waals surface area (Å²) in [7, 11) is 0. The van der Waals surface area contributed by atoms with Crippen LogP contribution in [-0.2, 0) is 11.3 Å². The number of azide groups is 1. The van der Waals surface area contributed by atoms with Gasteiger partial charge in [0.15, 0.2) is 0 Å². The highest BCUT2D eigenvalue weighted by atomic mass is 16.6. The van der Waals surface area contributed by atoms with Crippen LogP contribution in [0.3, 0.4) is 0 Å². The summed E-state index contributed by atoms with van der Waals surface area (Å²) in [5, 5.41) is 13.6. The maximum atomic E-state index is 12.1. The maximum Gasteiger partial charge on any atom is 0.410 e. The van der Waals surface area contributed by atoms with E-state index in [1.807, 2.05) is 30.3 Å². The Morgan fingerprint density at radius 3 is 2.95 bits per heavy atom. The van der Waals surface area contributed by atoms with Gasteiger partial charge in [-0.05, 0) is 17.5 Å². The molecule has 1 heterocycles. The molecule has 1 aromatic carbocycles. The highest BCUT2D eigenvalue weighted by Gasteiger charge is 2.24. The van der Waals surface area contributed by atoms with E-state index < -0.39 is 18.2 Å². The molecule has 1 aromatic rings. The molecule has 1 aliphatic rings. The lowest BCUT2D eigenvalue weighted by Gasteiger charge is -2.27. The molecule has 1 N–H and O–H groups in total. The van der Waals surface area contributed by atoms with Crippen molar-refractivity contribution in [1.82, 2.24) is 4.90 Å². The number of aliphatic hydroxyl groups excluding tert-OH is 1. The van der Waals surface area contributed by atoms with Gasteiger partial charge in [-0.25, -0.2) is 4.79 Å². The summed E-state index contributed by atoms with van der Waals surface area (Å²) in [5.74, 6) is 0. The molecular weight excluding hydrogens is 284 g/mol. The topological polar surface area (TPSA) is 98.5 Å². The maximum absolute atomic E-state index is 12.1. The fourth-order valence-electron chi connectivity index (χ4n) is 2.17. The fourth-order valence-corrected chi connectivity index (χ4v) is 2.17. The number of carbonyl (C=O) groups excluding carboxylic acids is 1. The Kier molecular flexibility index (Phi) is 5.82. The first-order valence-corrected chi connectivity index (χ1v) is 7.05. The van der Waals surface area contributed by atoms with Crippen LogP contribution in [0.4, 0.5) is 4.79 Å². The molecule has 1 aliphatic heterocycles. The van der Waals surface area contributed by atoms with Gasteiger partial charge in [-0.15, -0.1) is 0 Å². The summed E-state index contributed by atoms with van der Waals surface area (Å²) in [6.45, 7) is 0.702. The summed E-state index contributed by atoms with van der Waals surface area (Å²) in [6.07, 6.45) is 2.63. The molecule has 0 saturated heterocycles. The van der Waals surface area contributed by atoms with Gasteiger partial charge in [0.05, 0.1) is 18.7 Å². The van der Waals surface area contributed by atoms with E-state index in [1.165, 1.54) is 4.90 Å². The van der Waals surface area contributed by atoms with E-state index in [4.69, 9.17) is 10.3 Å². The summed E-state index contributed by atoms with van der Waals surface area (Å²) in [6, 6.07) is 8.71. The zero-order chi connectivity index (χ0) is 15.8. The second kappa shape index (κ2) is 8.07. The molecule has 0 saturated carbocycles. The highest BCUT2D eigenvalue weighted by molar-refractivity contribution is 5.67. The zero-order valence-corrected chi connectivity index (χ0v) is 12.1. The van der Waals surface area contributed by atoms with Crippen molar-refractivity contribution < 1.29 is 14.6 Å². The molecular formula is C15H18N4O3. The lowest BCUT2D eigenvalue weighted by atomic mass is 10.1. The van der Waals surface area contributed by atoms with Crippen molar-refractivity contribution in [2.75, 3.05) is 13.1 Å². The van der Waals surface area contributed by atoms with Crippen LogP contribution in [0.2, 0.25) is 0 Å². The minimum atomic E-state index is -0.947. The smallest absolute Gasteiger partial charge is 0.410 e. The lowest BCUT2D eigenvalue weighted by Crippen LogP contribution is -2.42. The molecule has 0 aromatic heterocycles. The van der Waals surface area contributed by atoms with E-state index in [0.29, 0.717) is 13.0 Å². The Morgan fingerprint density at radius 2 is 2.23 bits per heavy atom. The van der Waals surface area contributed by atoms with Crippen LogP contribution in [0.15, 0.2) is 47.6 Å². The number of β-amino-alcohol motifs (C(OH)–C–C–N with tert-alkyl or cyclic N) is 1. The normalized spacial score (nSPS) is 22.9. The summed E-state index contributed by atoms with van der Waals surface area (Å²) >= 11 is 0. The minimum absolute atomic E-state index is 0.0711. The molecule has 7 heteroatoms. The molecule has 2 atom stereocenters. The van der Waals surface area contributed by atoms with Crippen LogP contribution in [-0.4, -0.2) is 41.3 Å². The van der Waals surface area contributed by atoms with Crippen molar-refractivity contribution in [2.45, 2.75) is 25.2 Å². The van der Waals surface area contributed by atoms with Gasteiger partial charge in [-0.1, -0.05) is 47.6 Å². The van der Waals surface area contributed by atoms with E-state index in [2.05, 4.69) is 10.0 Å². The molecule has 0 radical (unpaired) electrons. The average Bonchev–Trinajstić information content (AvgIpc) is 2.53. The third kappa shape index (κ3) is 4.51. The van der Waals surface area contributed by atoms with Crippen LogP contribution in [0.1, 0.15) is 12.0 Å². The lowest BCUT2D eigenvalue weighted by molar-refractivity contribution is 0.0644. The van der Waals surface area contributed by atoms with Gasteiger partial charge in [0.25, 0.3) is 0 Å². The number of benzene rings is 1. The number of carbonyl (C=O) groups is 1. The number of amides is 1. The number of hydrogen-bond donors (Lipinski definition) is 1. The van der Waals surface area contributed by atoms with Gasteiger partial charge in [-0.2, -0.15) is 0 Å². The Hall–Kier alpha value is -2.50. The van der Waals surface area contributed by atoms with Gasteiger partial charge in [-0.3, -0.25) is 0 Å². The van der Waals surface area contributed by atoms with Crippen molar-refractivity contribution >= 4 is 6.09 Å². The minimum Gasteiger partial charge on any atom is -0.445 e. The fraction of sp³-hybridized carbons (Fsp3) is 0.400. The van der Waals surface area contributed by atoms with E-state index in [1.54, 1.807) is 12.2 Å². The number of nitrogens with zero attached hydrogens (tertiary/aromatic N) is 4. The van der Waals surface area contributed by atoms with E-state index in [9.17, 15) is 9.90 Å². The Bertz CT molecular complexity index is 569. The Balaban J connectivity index is 1.94. The molecule has 0 bridgehead atoms. The van der Waals surface area contributed by atoms with Crippen molar-refractivity contribution in [3.63, 3.8) is 0 Å². The molecule has 116 valence electrons. The van der Waals surface area contributed by atoms with Crippen LogP contribution in [0.25, 0.3) is 10.4 Å². The molecule has 2 rings (SSSR count). The Labute approximate surface area is 128 Å². The highest BCUT2D eigenvalue weighted by Crippen LogP contribution is 2.11. The molecule has 0 fully saturated rings. The predicted octanol–water partition coefficient (Wildman–Crippen LogP) is 2.62. The van der Waals surface area contributed by atoms with E-state index in [-0.39, 0.29) is 13.2 Å². The molecule has 22 heavy (non-hydrogen) atoms. The van der Waals surface area contributed by atoms with Crippen LogP contribution in [0.5, 0.6) is 0 Å². The number of hydrogen-bond acceptors (Lipinski definition) is 4. The van der Waals surface area contributed by atoms with Gasteiger partial charge >= 0.3 is 6.09 Å². The molecule has 7 nitrogen and oxygen atoms in total. The third-order valence-electron chi connectivity index (χ3n) is 3.35. The average molecular weight is 302 g/mol. The SMILES string of the molecule is [N-]=[N+]=NC1/C=C\CCN(C(=O)OCc2ccccc2)CC1O. The predicted molar refractivity (Wildman–Crippen MR) is 80.9 cm³/mol. The number of rotatable bonds is 3. The van der Waals surface area contributed by atoms with Crippen LogP contribution < -0.4 is 0 Å². The van der Waals surface area contributed by atoms with Crippen molar-refractivity contribution in [2.24, 2.45) is 5.11 Å². The van der Waals surface area contributed by atoms with Crippen molar-refractivity contribution in [3.8, 4) is 0 Å². The Morgan fingerprint density at radius 1 is 1.45 bits per heavy atom. The summed E-state index contributed by atoms with van der Waals surface area (Å²) in [5.41, 5.74) is 9.39. The van der Waals surface area contributed by atoms with Gasteiger partial charge in [0, 0.05) is 11.5 Å². The van der Waals surface area contributed by atoms with Gasteiger partial charge < -0.3 is 14.7 Å². The number of aliphatic hydroxyl groups is 1. The summed E-state index contributed by atoms with van der Waals surface area (Å²) < 4.78 is 5.26. The first-order chi connectivity index (χ1) is 10.7. The van der Waals surface area contributed by atoms with Crippen LogP contribution in [0, 0.1) is 0 Å². The van der Waals surface area contributed by atoms with Gasteiger partial charge in [0.2, 0.25) is 0 Å². The summed E-state index contributed by atoms with van der Waals surface area (Å²) in [4.78, 5) is 16.2. The molecule has 0 aliphatic carbocycles. The van der Waals surface area contributed by atoms with Gasteiger partial charge in [0.1, 0.15) is 6.61 Å². The monoisotopic (exact) mass is 302 g/mol. The van der Waals surface area contributed by atoms with Crippen LogP contribution >= 0.6 is 0 Å².